The van der Waals surface area contributed by atoms with Crippen molar-refractivity contribution in [1.82, 2.24) is 10.3 Å². The monoisotopic (exact) mass is 430 g/mol. The first-order valence-electron chi connectivity index (χ1n) is 11.6. The fourth-order valence-corrected chi connectivity index (χ4v) is 3.99. The minimum absolute atomic E-state index is 0.0462. The van der Waals surface area contributed by atoms with Crippen LogP contribution in [0.1, 0.15) is 56.2 Å². The van der Waals surface area contributed by atoms with Gasteiger partial charge in [-0.15, -0.1) is 0 Å². The van der Waals surface area contributed by atoms with E-state index in [1.165, 1.54) is 21.9 Å². The Hall–Kier alpha value is -3.14. The number of aromatic nitrogens is 1. The zero-order chi connectivity index (χ0) is 22.8. The first-order valence-corrected chi connectivity index (χ1v) is 11.6. The van der Waals surface area contributed by atoms with E-state index in [-0.39, 0.29) is 11.9 Å². The molecule has 0 aliphatic carbocycles. The molecule has 0 aliphatic rings. The minimum atomic E-state index is -0.0462. The lowest BCUT2D eigenvalue weighted by molar-refractivity contribution is -0.117. The van der Waals surface area contributed by atoms with Crippen LogP contribution in [0.4, 0.5) is 0 Å². The molecule has 1 atom stereocenters. The Morgan fingerprint density at radius 3 is 2.78 bits per heavy atom. The normalized spacial score (nSPS) is 12.2. The summed E-state index contributed by atoms with van der Waals surface area (Å²) in [5, 5.41) is 5.49. The van der Waals surface area contributed by atoms with Gasteiger partial charge in [0, 0.05) is 24.5 Å². The van der Waals surface area contributed by atoms with E-state index in [2.05, 4.69) is 54.5 Å². The molecule has 1 N–H and O–H groups in total. The standard InChI is InChI=1S/C28H34N2O2/c1-4-5-11-26-23(12-13-24-19-25(32-3)15-16-27(24)26)14-17-28(31)30-21(2)8-6-9-22-10-7-18-29-20-22/h7,10,12-21H,4-6,8-9,11H2,1-3H3,(H,30,31)/b17-14+/t21-/m0/s1. The number of aryl methyl sites for hydroxylation is 2. The maximum absolute atomic E-state index is 12.5. The highest BCUT2D eigenvalue weighted by Crippen LogP contribution is 2.28. The minimum Gasteiger partial charge on any atom is -0.497 e. The van der Waals surface area contributed by atoms with E-state index in [4.69, 9.17) is 4.74 Å². The number of nitrogens with zero attached hydrogens (tertiary/aromatic N) is 1. The van der Waals surface area contributed by atoms with Crippen LogP contribution in [0, 0.1) is 0 Å². The maximum atomic E-state index is 12.5. The van der Waals surface area contributed by atoms with Gasteiger partial charge in [-0.2, -0.15) is 0 Å². The molecule has 0 fully saturated rings. The van der Waals surface area contributed by atoms with Crippen molar-refractivity contribution < 1.29 is 9.53 Å². The number of pyridine rings is 1. The Balaban J connectivity index is 1.63. The van der Waals surface area contributed by atoms with Crippen LogP contribution >= 0.6 is 0 Å². The molecule has 0 radical (unpaired) electrons. The van der Waals surface area contributed by atoms with E-state index in [0.29, 0.717) is 0 Å². The Morgan fingerprint density at radius 2 is 2.03 bits per heavy atom. The fraction of sp³-hybridized carbons (Fsp3) is 0.357. The molecular weight excluding hydrogens is 396 g/mol. The van der Waals surface area contributed by atoms with E-state index in [1.54, 1.807) is 19.4 Å². The van der Waals surface area contributed by atoms with Gasteiger partial charge in [-0.3, -0.25) is 9.78 Å². The number of rotatable bonds is 11. The highest BCUT2D eigenvalue weighted by atomic mass is 16.5. The second-order valence-electron chi connectivity index (χ2n) is 8.32. The molecule has 3 rings (SSSR count). The number of carbonyl (C=O) groups is 1. The third-order valence-electron chi connectivity index (χ3n) is 5.78. The second kappa shape index (κ2) is 12.0. The van der Waals surface area contributed by atoms with Crippen LogP contribution in [0.2, 0.25) is 0 Å². The number of fused-ring (bicyclic) bond motifs is 1. The van der Waals surface area contributed by atoms with Gasteiger partial charge < -0.3 is 10.1 Å². The van der Waals surface area contributed by atoms with Crippen LogP contribution in [0.3, 0.4) is 0 Å². The van der Waals surface area contributed by atoms with Crippen molar-refractivity contribution in [1.29, 1.82) is 0 Å². The first kappa shape index (κ1) is 23.5. The van der Waals surface area contributed by atoms with Crippen molar-refractivity contribution in [3.63, 3.8) is 0 Å². The Morgan fingerprint density at radius 1 is 1.16 bits per heavy atom. The van der Waals surface area contributed by atoms with Crippen LogP contribution in [-0.2, 0) is 17.6 Å². The first-order chi connectivity index (χ1) is 15.6. The summed E-state index contributed by atoms with van der Waals surface area (Å²) in [4.78, 5) is 16.7. The molecule has 1 amide bonds. The van der Waals surface area contributed by atoms with Gasteiger partial charge >= 0.3 is 0 Å². The highest BCUT2D eigenvalue weighted by Gasteiger charge is 2.09. The third-order valence-corrected chi connectivity index (χ3v) is 5.78. The van der Waals surface area contributed by atoms with Crippen molar-refractivity contribution in [2.24, 2.45) is 0 Å². The average Bonchev–Trinajstić information content (AvgIpc) is 2.81. The quantitative estimate of drug-likeness (QED) is 0.373. The van der Waals surface area contributed by atoms with Crippen molar-refractivity contribution >= 4 is 22.8 Å². The third kappa shape index (κ3) is 6.68. The van der Waals surface area contributed by atoms with Gasteiger partial charge in [0.2, 0.25) is 5.91 Å². The van der Waals surface area contributed by atoms with Crippen LogP contribution in [0.5, 0.6) is 5.75 Å². The molecule has 4 nitrogen and oxygen atoms in total. The van der Waals surface area contributed by atoms with E-state index >= 15 is 0 Å². The van der Waals surface area contributed by atoms with Gasteiger partial charge in [-0.1, -0.05) is 37.6 Å². The molecule has 3 aromatic rings. The predicted molar refractivity (Wildman–Crippen MR) is 133 cm³/mol. The average molecular weight is 431 g/mol. The number of hydrogen-bond donors (Lipinski definition) is 1. The summed E-state index contributed by atoms with van der Waals surface area (Å²) in [6.07, 6.45) is 13.5. The highest BCUT2D eigenvalue weighted by molar-refractivity contribution is 5.94. The molecule has 32 heavy (non-hydrogen) atoms. The van der Waals surface area contributed by atoms with Crippen LogP contribution in [-0.4, -0.2) is 24.0 Å². The molecule has 0 aliphatic heterocycles. The number of methoxy groups -OCH3 is 1. The fourth-order valence-electron chi connectivity index (χ4n) is 3.99. The van der Waals surface area contributed by atoms with Gasteiger partial charge in [0.15, 0.2) is 0 Å². The van der Waals surface area contributed by atoms with Gasteiger partial charge in [-0.05, 0) is 90.8 Å². The lowest BCUT2D eigenvalue weighted by atomic mass is 9.94. The van der Waals surface area contributed by atoms with Gasteiger partial charge in [0.25, 0.3) is 0 Å². The lowest BCUT2D eigenvalue weighted by Crippen LogP contribution is -2.31. The van der Waals surface area contributed by atoms with Crippen LogP contribution < -0.4 is 10.1 Å². The number of amides is 1. The smallest absolute Gasteiger partial charge is 0.244 e. The zero-order valence-corrected chi connectivity index (χ0v) is 19.4. The number of ether oxygens (including phenoxy) is 1. The molecule has 2 aromatic carbocycles. The molecule has 0 spiro atoms. The summed E-state index contributed by atoms with van der Waals surface area (Å²) in [7, 11) is 1.69. The van der Waals surface area contributed by atoms with Gasteiger partial charge in [0.1, 0.15) is 5.75 Å². The van der Waals surface area contributed by atoms with Crippen molar-refractivity contribution in [2.45, 2.75) is 58.4 Å². The van der Waals surface area contributed by atoms with Gasteiger partial charge in [-0.25, -0.2) is 0 Å². The maximum Gasteiger partial charge on any atom is 0.244 e. The molecule has 1 aromatic heterocycles. The topological polar surface area (TPSA) is 51.2 Å². The Kier molecular flexibility index (Phi) is 8.85. The number of hydrogen-bond acceptors (Lipinski definition) is 3. The van der Waals surface area contributed by atoms with Crippen LogP contribution in [0.25, 0.3) is 16.8 Å². The molecule has 0 saturated heterocycles. The zero-order valence-electron chi connectivity index (χ0n) is 19.4. The summed E-state index contributed by atoms with van der Waals surface area (Å²) in [6, 6.07) is 14.6. The summed E-state index contributed by atoms with van der Waals surface area (Å²) >= 11 is 0. The van der Waals surface area contributed by atoms with E-state index < -0.39 is 0 Å². The van der Waals surface area contributed by atoms with E-state index in [1.807, 2.05) is 24.4 Å². The second-order valence-corrected chi connectivity index (χ2v) is 8.32. The summed E-state index contributed by atoms with van der Waals surface area (Å²) in [5.41, 5.74) is 3.63. The van der Waals surface area contributed by atoms with E-state index in [9.17, 15) is 4.79 Å². The molecule has 0 bridgehead atoms. The summed E-state index contributed by atoms with van der Waals surface area (Å²) in [5.74, 6) is 0.814. The SMILES string of the molecule is CCCCc1c(/C=C/C(=O)N[C@@H](C)CCCc2cccnc2)ccc2cc(OC)ccc12. The predicted octanol–water partition coefficient (Wildman–Crippen LogP) is 6.13. The van der Waals surface area contributed by atoms with Crippen molar-refractivity contribution in [3.8, 4) is 5.75 Å². The largest absolute Gasteiger partial charge is 0.497 e. The molecule has 0 unspecified atom stereocenters. The lowest BCUT2D eigenvalue weighted by Gasteiger charge is -2.13. The number of nitrogens with one attached hydrogen (secondary N) is 1. The number of unbranched alkanes of at least 4 members (excludes halogenated alkanes) is 1. The molecule has 4 heteroatoms. The number of benzene rings is 2. The summed E-state index contributed by atoms with van der Waals surface area (Å²) in [6.45, 7) is 4.26. The number of carbonyl (C=O) groups excluding carboxylic acids is 1. The van der Waals surface area contributed by atoms with Crippen molar-refractivity contribution in [2.75, 3.05) is 7.11 Å². The Bertz CT molecular complexity index is 1040. The molecule has 0 saturated carbocycles. The molecule has 168 valence electrons. The van der Waals surface area contributed by atoms with Crippen LogP contribution in [0.15, 0.2) is 60.9 Å². The molecular formula is C28H34N2O2. The Labute approximate surface area is 191 Å². The summed E-state index contributed by atoms with van der Waals surface area (Å²) < 4.78 is 5.37. The van der Waals surface area contributed by atoms with E-state index in [0.717, 1.165) is 49.8 Å². The van der Waals surface area contributed by atoms with Crippen molar-refractivity contribution in [3.05, 3.63) is 77.6 Å². The van der Waals surface area contributed by atoms with Gasteiger partial charge in [0.05, 0.1) is 7.11 Å². The molecule has 1 heterocycles.